The van der Waals surface area contributed by atoms with Crippen molar-refractivity contribution in [2.45, 2.75) is 12.5 Å². The minimum Gasteiger partial charge on any atom is -0.383 e. The maximum Gasteiger partial charge on any atom is 0.132 e. The van der Waals surface area contributed by atoms with Gasteiger partial charge in [-0.1, -0.05) is 6.07 Å². The van der Waals surface area contributed by atoms with E-state index in [1.54, 1.807) is 13.1 Å². The summed E-state index contributed by atoms with van der Waals surface area (Å²) in [7, 11) is 0. The topological polar surface area (TPSA) is 45.1 Å². The highest BCUT2D eigenvalue weighted by atomic mass is 16.3. The van der Waals surface area contributed by atoms with Crippen LogP contribution < -0.4 is 5.32 Å². The zero-order valence-electron chi connectivity index (χ0n) is 6.33. The van der Waals surface area contributed by atoms with E-state index in [4.69, 9.17) is 0 Å². The van der Waals surface area contributed by atoms with Gasteiger partial charge in [0, 0.05) is 18.3 Å². The van der Waals surface area contributed by atoms with Crippen LogP contribution in [0.15, 0.2) is 18.3 Å². The average molecular weight is 150 g/mol. The van der Waals surface area contributed by atoms with Gasteiger partial charge in [0.1, 0.15) is 11.4 Å². The molecule has 0 spiro atoms. The summed E-state index contributed by atoms with van der Waals surface area (Å²) in [6.07, 6.45) is 1.72. The Labute approximate surface area is 65.1 Å². The Hall–Kier alpha value is -1.09. The van der Waals surface area contributed by atoms with Crippen LogP contribution in [-0.4, -0.2) is 16.6 Å². The fourth-order valence-corrected chi connectivity index (χ4v) is 1.33. The molecule has 0 saturated heterocycles. The second kappa shape index (κ2) is 1.95. The zero-order valence-corrected chi connectivity index (χ0v) is 6.33. The molecule has 2 heterocycles. The van der Waals surface area contributed by atoms with Crippen LogP contribution in [0.1, 0.15) is 12.5 Å². The van der Waals surface area contributed by atoms with E-state index in [1.165, 1.54) is 0 Å². The van der Waals surface area contributed by atoms with E-state index in [0.29, 0.717) is 6.54 Å². The lowest BCUT2D eigenvalue weighted by atomic mass is 10.0. The number of rotatable bonds is 0. The van der Waals surface area contributed by atoms with Crippen molar-refractivity contribution in [2.24, 2.45) is 0 Å². The SMILES string of the molecule is CC1(O)CNc2ncccc21. The molecule has 0 bridgehead atoms. The van der Waals surface area contributed by atoms with Crippen LogP contribution in [0.25, 0.3) is 0 Å². The highest BCUT2D eigenvalue weighted by molar-refractivity contribution is 5.52. The van der Waals surface area contributed by atoms with Gasteiger partial charge in [-0.15, -0.1) is 0 Å². The smallest absolute Gasteiger partial charge is 0.132 e. The van der Waals surface area contributed by atoms with E-state index in [-0.39, 0.29) is 0 Å². The second-order valence-electron chi connectivity index (χ2n) is 3.03. The molecule has 1 atom stereocenters. The molecule has 2 N–H and O–H groups in total. The van der Waals surface area contributed by atoms with Crippen molar-refractivity contribution in [3.63, 3.8) is 0 Å². The van der Waals surface area contributed by atoms with Crippen molar-refractivity contribution in [3.05, 3.63) is 23.9 Å². The number of hydrogen-bond acceptors (Lipinski definition) is 3. The van der Waals surface area contributed by atoms with E-state index in [9.17, 15) is 5.11 Å². The van der Waals surface area contributed by atoms with Crippen molar-refractivity contribution in [1.29, 1.82) is 0 Å². The lowest BCUT2D eigenvalue weighted by Gasteiger charge is -2.14. The van der Waals surface area contributed by atoms with Gasteiger partial charge in [0.2, 0.25) is 0 Å². The minimum atomic E-state index is -0.746. The fourth-order valence-electron chi connectivity index (χ4n) is 1.33. The molecule has 1 aromatic rings. The number of aliphatic hydroxyl groups is 1. The summed E-state index contributed by atoms with van der Waals surface area (Å²) in [5.74, 6) is 0.803. The van der Waals surface area contributed by atoms with E-state index in [0.717, 1.165) is 11.4 Å². The van der Waals surface area contributed by atoms with Gasteiger partial charge in [-0.25, -0.2) is 4.98 Å². The van der Waals surface area contributed by atoms with Crippen LogP contribution in [0, 0.1) is 0 Å². The van der Waals surface area contributed by atoms with Gasteiger partial charge in [0.05, 0.1) is 0 Å². The first-order valence-electron chi connectivity index (χ1n) is 3.62. The van der Waals surface area contributed by atoms with Crippen LogP contribution in [0.5, 0.6) is 0 Å². The lowest BCUT2D eigenvalue weighted by Crippen LogP contribution is -2.22. The molecule has 0 saturated carbocycles. The normalized spacial score (nSPS) is 27.8. The predicted octanol–water partition coefficient (Wildman–Crippen LogP) is 0.715. The monoisotopic (exact) mass is 150 g/mol. The van der Waals surface area contributed by atoms with E-state index in [1.807, 2.05) is 12.1 Å². The van der Waals surface area contributed by atoms with Crippen LogP contribution >= 0.6 is 0 Å². The Balaban J connectivity index is 2.56. The number of aromatic nitrogens is 1. The Kier molecular flexibility index (Phi) is 1.17. The Morgan fingerprint density at radius 1 is 1.73 bits per heavy atom. The summed E-state index contributed by atoms with van der Waals surface area (Å²) in [6.45, 7) is 2.34. The van der Waals surface area contributed by atoms with Crippen molar-refractivity contribution in [3.8, 4) is 0 Å². The quantitative estimate of drug-likeness (QED) is 0.572. The molecule has 2 rings (SSSR count). The third kappa shape index (κ3) is 0.886. The maximum absolute atomic E-state index is 9.74. The number of hydrogen-bond donors (Lipinski definition) is 2. The number of anilines is 1. The van der Waals surface area contributed by atoms with Crippen molar-refractivity contribution < 1.29 is 5.11 Å². The molecule has 3 heteroatoms. The molecule has 1 aromatic heterocycles. The fraction of sp³-hybridized carbons (Fsp3) is 0.375. The molecule has 1 unspecified atom stereocenters. The van der Waals surface area contributed by atoms with Gasteiger partial charge in [-0.3, -0.25) is 0 Å². The third-order valence-electron chi connectivity index (χ3n) is 1.99. The molecule has 1 aliphatic rings. The number of nitrogens with zero attached hydrogens (tertiary/aromatic N) is 1. The maximum atomic E-state index is 9.74. The summed E-state index contributed by atoms with van der Waals surface area (Å²) in [4.78, 5) is 4.08. The van der Waals surface area contributed by atoms with Crippen LogP contribution in [0.3, 0.4) is 0 Å². The molecule has 0 aromatic carbocycles. The number of β-amino-alcohol motifs (C(OH)–C–C–N with tert-alkyl or cyclic N) is 1. The summed E-state index contributed by atoms with van der Waals surface area (Å²) >= 11 is 0. The van der Waals surface area contributed by atoms with Gasteiger partial charge in [0.25, 0.3) is 0 Å². The van der Waals surface area contributed by atoms with Crippen molar-refractivity contribution >= 4 is 5.82 Å². The number of nitrogens with one attached hydrogen (secondary N) is 1. The van der Waals surface area contributed by atoms with Gasteiger partial charge >= 0.3 is 0 Å². The van der Waals surface area contributed by atoms with Gasteiger partial charge < -0.3 is 10.4 Å². The van der Waals surface area contributed by atoms with E-state index < -0.39 is 5.60 Å². The molecule has 0 fully saturated rings. The predicted molar refractivity (Wildman–Crippen MR) is 42.3 cm³/mol. The van der Waals surface area contributed by atoms with Crippen LogP contribution in [0.2, 0.25) is 0 Å². The summed E-state index contributed by atoms with van der Waals surface area (Å²) < 4.78 is 0. The molecule has 0 radical (unpaired) electrons. The molecule has 11 heavy (non-hydrogen) atoms. The molecular weight excluding hydrogens is 140 g/mol. The van der Waals surface area contributed by atoms with E-state index >= 15 is 0 Å². The first kappa shape index (κ1) is 6.61. The second-order valence-corrected chi connectivity index (χ2v) is 3.03. The van der Waals surface area contributed by atoms with Gasteiger partial charge in [0.15, 0.2) is 0 Å². The molecule has 3 nitrogen and oxygen atoms in total. The Morgan fingerprint density at radius 3 is 3.27 bits per heavy atom. The Bertz CT molecular complexity index is 283. The number of fused-ring (bicyclic) bond motifs is 1. The van der Waals surface area contributed by atoms with Gasteiger partial charge in [-0.05, 0) is 13.0 Å². The highest BCUT2D eigenvalue weighted by Crippen LogP contribution is 2.31. The third-order valence-corrected chi connectivity index (χ3v) is 1.99. The molecule has 1 aliphatic heterocycles. The summed E-state index contributed by atoms with van der Waals surface area (Å²) in [5.41, 5.74) is 0.142. The molecule has 0 amide bonds. The van der Waals surface area contributed by atoms with Crippen molar-refractivity contribution in [2.75, 3.05) is 11.9 Å². The van der Waals surface area contributed by atoms with E-state index in [2.05, 4.69) is 10.3 Å². The summed E-state index contributed by atoms with van der Waals surface area (Å²) in [5, 5.41) is 12.8. The minimum absolute atomic E-state index is 0.555. The number of pyridine rings is 1. The van der Waals surface area contributed by atoms with Crippen molar-refractivity contribution in [1.82, 2.24) is 4.98 Å². The first-order valence-corrected chi connectivity index (χ1v) is 3.62. The van der Waals surface area contributed by atoms with Crippen LogP contribution in [-0.2, 0) is 5.60 Å². The van der Waals surface area contributed by atoms with Gasteiger partial charge in [-0.2, -0.15) is 0 Å². The molecular formula is C8H10N2O. The Morgan fingerprint density at radius 2 is 2.55 bits per heavy atom. The molecule has 0 aliphatic carbocycles. The highest BCUT2D eigenvalue weighted by Gasteiger charge is 2.32. The molecule has 58 valence electrons. The average Bonchev–Trinajstić information content (AvgIpc) is 2.29. The summed E-state index contributed by atoms with van der Waals surface area (Å²) in [6, 6.07) is 3.72. The van der Waals surface area contributed by atoms with Crippen LogP contribution in [0.4, 0.5) is 5.82 Å². The zero-order chi connectivity index (χ0) is 7.90. The largest absolute Gasteiger partial charge is 0.383 e. The lowest BCUT2D eigenvalue weighted by molar-refractivity contribution is 0.0793. The standard InChI is InChI=1S/C8H10N2O/c1-8(11)5-10-7-6(8)3-2-4-9-7/h2-4,11H,5H2,1H3,(H,9,10). The first-order chi connectivity index (χ1) is 5.20.